The SMILES string of the molecule is CSc1cc2n(c1C(=S)c1ccc(C)cc1)CCC2(C)C(=O)O. The van der Waals surface area contributed by atoms with Crippen molar-refractivity contribution in [1.29, 1.82) is 0 Å². The Balaban J connectivity index is 2.12. The third-order valence-corrected chi connectivity index (χ3v) is 5.86. The Hall–Kier alpha value is -1.59. The zero-order chi connectivity index (χ0) is 16.8. The lowest BCUT2D eigenvalue weighted by atomic mass is 9.86. The van der Waals surface area contributed by atoms with Crippen molar-refractivity contribution in [3.8, 4) is 0 Å². The molecule has 1 N–H and O–H groups in total. The number of carbonyl (C=O) groups is 1. The van der Waals surface area contributed by atoms with E-state index in [1.165, 1.54) is 5.56 Å². The second-order valence-electron chi connectivity index (χ2n) is 6.18. The summed E-state index contributed by atoms with van der Waals surface area (Å²) in [4.78, 5) is 13.6. The highest BCUT2D eigenvalue weighted by Gasteiger charge is 2.43. The van der Waals surface area contributed by atoms with Crippen LogP contribution in [0.2, 0.25) is 0 Å². The summed E-state index contributed by atoms with van der Waals surface area (Å²) in [5.41, 5.74) is 3.22. The van der Waals surface area contributed by atoms with Crippen LogP contribution in [0.15, 0.2) is 35.2 Å². The van der Waals surface area contributed by atoms with Crippen LogP contribution in [-0.2, 0) is 16.8 Å². The summed E-state index contributed by atoms with van der Waals surface area (Å²) in [6.07, 6.45) is 2.61. The first kappa shape index (κ1) is 16.3. The standard InChI is InChI=1S/C18H19NO2S2/c1-11-4-6-12(7-5-11)16(22)15-13(23-3)10-14-18(2,17(20)21)8-9-19(14)15/h4-7,10H,8-9H2,1-3H3,(H,20,21). The van der Waals surface area contributed by atoms with E-state index in [2.05, 4.69) is 16.7 Å². The quantitative estimate of drug-likeness (QED) is 0.516. The Labute approximate surface area is 145 Å². The number of carboxylic acid groups (broad SMARTS) is 1. The molecular weight excluding hydrogens is 326 g/mol. The zero-order valence-electron chi connectivity index (χ0n) is 13.4. The van der Waals surface area contributed by atoms with Gasteiger partial charge in [-0.15, -0.1) is 11.8 Å². The first-order valence-corrected chi connectivity index (χ1v) is 9.14. The first-order valence-electron chi connectivity index (χ1n) is 7.51. The average molecular weight is 345 g/mol. The smallest absolute Gasteiger partial charge is 0.315 e. The molecule has 1 aliphatic heterocycles. The molecule has 0 saturated carbocycles. The van der Waals surface area contributed by atoms with Crippen molar-refractivity contribution in [2.24, 2.45) is 0 Å². The Bertz CT molecular complexity index is 792. The van der Waals surface area contributed by atoms with Crippen LogP contribution in [0.1, 0.15) is 35.9 Å². The van der Waals surface area contributed by atoms with Gasteiger partial charge in [-0.1, -0.05) is 42.0 Å². The number of thiocarbonyl (C=S) groups is 1. The lowest BCUT2D eigenvalue weighted by Crippen LogP contribution is -2.29. The average Bonchev–Trinajstić information content (AvgIpc) is 3.05. The molecule has 0 fully saturated rings. The number of carboxylic acids is 1. The summed E-state index contributed by atoms with van der Waals surface area (Å²) in [5.74, 6) is -0.769. The number of benzene rings is 1. The molecule has 3 rings (SSSR count). The Kier molecular flexibility index (Phi) is 4.10. The van der Waals surface area contributed by atoms with E-state index in [-0.39, 0.29) is 0 Å². The van der Waals surface area contributed by atoms with Crippen LogP contribution in [0, 0.1) is 6.92 Å². The van der Waals surface area contributed by atoms with Crippen LogP contribution in [0.4, 0.5) is 0 Å². The van der Waals surface area contributed by atoms with Crippen LogP contribution in [0.3, 0.4) is 0 Å². The number of aliphatic carboxylic acids is 1. The van der Waals surface area contributed by atoms with Gasteiger partial charge in [-0.3, -0.25) is 4.79 Å². The molecule has 0 radical (unpaired) electrons. The number of nitrogens with zero attached hydrogens (tertiary/aromatic N) is 1. The largest absolute Gasteiger partial charge is 0.481 e. The first-order chi connectivity index (χ1) is 10.9. The van der Waals surface area contributed by atoms with Gasteiger partial charge >= 0.3 is 5.97 Å². The number of thioether (sulfide) groups is 1. The van der Waals surface area contributed by atoms with E-state index in [0.29, 0.717) is 13.0 Å². The van der Waals surface area contributed by atoms with Gasteiger partial charge in [0.2, 0.25) is 0 Å². The maximum absolute atomic E-state index is 11.7. The van der Waals surface area contributed by atoms with E-state index < -0.39 is 11.4 Å². The fourth-order valence-electron chi connectivity index (χ4n) is 3.13. The topological polar surface area (TPSA) is 42.2 Å². The van der Waals surface area contributed by atoms with Gasteiger partial charge in [0.05, 0.1) is 10.6 Å². The molecular formula is C18H19NO2S2. The molecule has 1 aliphatic rings. The lowest BCUT2D eigenvalue weighted by Gasteiger charge is -2.16. The number of hydrogen-bond donors (Lipinski definition) is 1. The summed E-state index contributed by atoms with van der Waals surface area (Å²) < 4.78 is 2.10. The third kappa shape index (κ3) is 2.52. The molecule has 1 unspecified atom stereocenters. The highest BCUT2D eigenvalue weighted by atomic mass is 32.2. The monoisotopic (exact) mass is 345 g/mol. The van der Waals surface area contributed by atoms with Gasteiger partial charge in [0.1, 0.15) is 5.41 Å². The summed E-state index contributed by atoms with van der Waals surface area (Å²) in [6, 6.07) is 10.2. The second-order valence-corrected chi connectivity index (χ2v) is 7.44. The van der Waals surface area contributed by atoms with E-state index in [1.807, 2.05) is 31.4 Å². The molecule has 1 aromatic carbocycles. The number of aryl methyl sites for hydroxylation is 1. The molecule has 2 heterocycles. The number of aromatic nitrogens is 1. The molecule has 0 aliphatic carbocycles. The maximum atomic E-state index is 11.7. The highest BCUT2D eigenvalue weighted by molar-refractivity contribution is 7.98. The van der Waals surface area contributed by atoms with Crippen LogP contribution in [-0.4, -0.2) is 26.8 Å². The van der Waals surface area contributed by atoms with Gasteiger partial charge in [-0.05, 0) is 38.2 Å². The second kappa shape index (κ2) is 5.80. The van der Waals surface area contributed by atoms with E-state index in [4.69, 9.17) is 12.2 Å². The summed E-state index contributed by atoms with van der Waals surface area (Å²) in [7, 11) is 0. The van der Waals surface area contributed by atoms with Gasteiger partial charge in [-0.2, -0.15) is 0 Å². The lowest BCUT2D eigenvalue weighted by molar-refractivity contribution is -0.143. The highest BCUT2D eigenvalue weighted by Crippen LogP contribution is 2.41. The molecule has 5 heteroatoms. The van der Waals surface area contributed by atoms with Gasteiger partial charge in [0.15, 0.2) is 0 Å². The molecule has 0 amide bonds. The van der Waals surface area contributed by atoms with E-state index >= 15 is 0 Å². The number of hydrogen-bond acceptors (Lipinski definition) is 3. The number of rotatable bonds is 4. The fraction of sp³-hybridized carbons (Fsp3) is 0.333. The maximum Gasteiger partial charge on any atom is 0.315 e. The molecule has 23 heavy (non-hydrogen) atoms. The third-order valence-electron chi connectivity index (χ3n) is 4.68. The van der Waals surface area contributed by atoms with E-state index in [0.717, 1.165) is 26.7 Å². The normalized spacial score (nSPS) is 19.6. The summed E-state index contributed by atoms with van der Waals surface area (Å²) >= 11 is 7.36. The van der Waals surface area contributed by atoms with Crippen LogP contribution in [0.25, 0.3) is 0 Å². The zero-order valence-corrected chi connectivity index (χ0v) is 15.1. The van der Waals surface area contributed by atoms with Crippen molar-refractivity contribution in [2.75, 3.05) is 6.26 Å². The Morgan fingerprint density at radius 2 is 2.00 bits per heavy atom. The van der Waals surface area contributed by atoms with E-state index in [1.54, 1.807) is 18.7 Å². The summed E-state index contributed by atoms with van der Waals surface area (Å²) in [6.45, 7) is 4.55. The predicted molar refractivity (Wildman–Crippen MR) is 97.8 cm³/mol. The molecule has 0 spiro atoms. The molecule has 0 bridgehead atoms. The van der Waals surface area contributed by atoms with Gasteiger partial charge in [0, 0.05) is 17.1 Å². The van der Waals surface area contributed by atoms with Gasteiger partial charge in [-0.25, -0.2) is 0 Å². The number of fused-ring (bicyclic) bond motifs is 1. The summed E-state index contributed by atoms with van der Waals surface area (Å²) in [5, 5.41) is 9.63. The van der Waals surface area contributed by atoms with Crippen molar-refractivity contribution in [3.63, 3.8) is 0 Å². The van der Waals surface area contributed by atoms with Crippen LogP contribution < -0.4 is 0 Å². The van der Waals surface area contributed by atoms with Crippen molar-refractivity contribution in [1.82, 2.24) is 4.57 Å². The molecule has 1 aromatic heterocycles. The van der Waals surface area contributed by atoms with Crippen molar-refractivity contribution < 1.29 is 9.90 Å². The molecule has 1 atom stereocenters. The minimum absolute atomic E-state index is 0.607. The van der Waals surface area contributed by atoms with Crippen LogP contribution >= 0.6 is 24.0 Å². The Morgan fingerprint density at radius 3 is 2.57 bits per heavy atom. The van der Waals surface area contributed by atoms with Crippen molar-refractivity contribution >= 4 is 34.8 Å². The van der Waals surface area contributed by atoms with E-state index in [9.17, 15) is 9.90 Å². The molecule has 2 aromatic rings. The van der Waals surface area contributed by atoms with Gasteiger partial charge in [0.25, 0.3) is 0 Å². The minimum atomic E-state index is -0.828. The predicted octanol–water partition coefficient (Wildman–Crippen LogP) is 4.03. The minimum Gasteiger partial charge on any atom is -0.481 e. The van der Waals surface area contributed by atoms with Crippen molar-refractivity contribution in [2.45, 2.75) is 37.1 Å². The fourth-order valence-corrected chi connectivity index (χ4v) is 4.18. The van der Waals surface area contributed by atoms with Crippen LogP contribution in [0.5, 0.6) is 0 Å². The van der Waals surface area contributed by atoms with Gasteiger partial charge < -0.3 is 9.67 Å². The Morgan fingerprint density at radius 1 is 1.35 bits per heavy atom. The molecule has 3 nitrogen and oxygen atoms in total. The van der Waals surface area contributed by atoms with Crippen molar-refractivity contribution in [3.05, 3.63) is 52.8 Å². The molecule has 0 saturated heterocycles. The molecule has 120 valence electrons.